The molecule has 0 bridgehead atoms. The minimum Gasteiger partial charge on any atom is -0.490 e. The molecule has 0 saturated heterocycles. The highest BCUT2D eigenvalue weighted by atomic mass is 16.6. The van der Waals surface area contributed by atoms with Gasteiger partial charge in [0.2, 0.25) is 0 Å². The van der Waals surface area contributed by atoms with Crippen molar-refractivity contribution >= 4 is 11.5 Å². The first-order valence-electron chi connectivity index (χ1n) is 5.65. The van der Waals surface area contributed by atoms with Crippen LogP contribution in [0.15, 0.2) is 30.4 Å². The highest BCUT2D eigenvalue weighted by molar-refractivity contribution is 5.95. The molecule has 0 aliphatic rings. The first-order valence-corrected chi connectivity index (χ1v) is 5.65. The van der Waals surface area contributed by atoms with E-state index in [1.165, 1.54) is 25.3 Å². The molecule has 6 heteroatoms. The third kappa shape index (κ3) is 2.97. The summed E-state index contributed by atoms with van der Waals surface area (Å²) < 4.78 is 4.90. The normalized spacial score (nSPS) is 11.7. The number of Topliss-reactive ketones (excluding diaryl/α,β-unsaturated/α-hetero) is 1. The van der Waals surface area contributed by atoms with Gasteiger partial charge in [-0.25, -0.2) is 0 Å². The number of ketones is 1. The van der Waals surface area contributed by atoms with Gasteiger partial charge in [0.1, 0.15) is 6.10 Å². The summed E-state index contributed by atoms with van der Waals surface area (Å²) in [5.41, 5.74) is -0.433. The quantitative estimate of drug-likeness (QED) is 0.483. The zero-order valence-corrected chi connectivity index (χ0v) is 10.8. The van der Waals surface area contributed by atoms with Crippen LogP contribution in [-0.4, -0.2) is 22.9 Å². The number of rotatable bonds is 6. The van der Waals surface area contributed by atoms with E-state index in [9.17, 15) is 20.0 Å². The van der Waals surface area contributed by atoms with Gasteiger partial charge in [-0.15, -0.1) is 0 Å². The van der Waals surface area contributed by atoms with Crippen LogP contribution in [0.25, 0.3) is 0 Å². The molecule has 0 heterocycles. The summed E-state index contributed by atoms with van der Waals surface area (Å²) in [5, 5.41) is 21.1. The van der Waals surface area contributed by atoms with Crippen LogP contribution >= 0.6 is 0 Å². The van der Waals surface area contributed by atoms with E-state index < -0.39 is 11.0 Å². The molecule has 1 unspecified atom stereocenters. The maximum atomic E-state index is 11.5. The van der Waals surface area contributed by atoms with Crippen LogP contribution in [0.1, 0.15) is 25.0 Å². The van der Waals surface area contributed by atoms with Gasteiger partial charge in [-0.2, -0.15) is 0 Å². The predicted octanol–water partition coefficient (Wildman–Crippen LogP) is 2.17. The smallest absolute Gasteiger partial charge is 0.317 e. The van der Waals surface area contributed by atoms with Crippen LogP contribution in [0.5, 0.6) is 5.75 Å². The van der Waals surface area contributed by atoms with Gasteiger partial charge < -0.3 is 9.84 Å². The van der Waals surface area contributed by atoms with Crippen molar-refractivity contribution in [3.8, 4) is 5.75 Å². The summed E-state index contributed by atoms with van der Waals surface area (Å²) in [5.74, 6) is -0.317. The summed E-state index contributed by atoms with van der Waals surface area (Å²) >= 11 is 0. The lowest BCUT2D eigenvalue weighted by Gasteiger charge is -2.14. The van der Waals surface area contributed by atoms with Gasteiger partial charge in [-0.1, -0.05) is 19.6 Å². The Morgan fingerprint density at radius 1 is 1.58 bits per heavy atom. The second kappa shape index (κ2) is 6.10. The van der Waals surface area contributed by atoms with Gasteiger partial charge in [0.15, 0.2) is 11.5 Å². The molecule has 1 rings (SSSR count). The first-order chi connectivity index (χ1) is 8.93. The number of aliphatic hydroxyl groups is 1. The molecule has 1 aromatic rings. The molecule has 1 atom stereocenters. The minimum absolute atomic E-state index is 0.00356. The SMILES string of the molecule is C=C(C(=O)CC)C(O)c1cccc(OC)c1[N+](=O)[O-]. The maximum Gasteiger partial charge on any atom is 0.317 e. The fraction of sp³-hybridized carbons (Fsp3) is 0.308. The Balaban J connectivity index is 3.30. The molecule has 0 aromatic heterocycles. The maximum absolute atomic E-state index is 11.5. The first kappa shape index (κ1) is 14.8. The number of nitrogens with zero attached hydrogens (tertiary/aromatic N) is 1. The monoisotopic (exact) mass is 265 g/mol. The Bertz CT molecular complexity index is 524. The van der Waals surface area contributed by atoms with Crippen LogP contribution in [0, 0.1) is 10.1 Å². The Morgan fingerprint density at radius 2 is 2.21 bits per heavy atom. The summed E-state index contributed by atoms with van der Waals surface area (Å²) in [6.45, 7) is 5.12. The number of carbonyl (C=O) groups excluding carboxylic acids is 1. The molecular weight excluding hydrogens is 250 g/mol. The third-order valence-corrected chi connectivity index (χ3v) is 2.74. The molecule has 0 amide bonds. The van der Waals surface area contributed by atoms with Gasteiger partial charge >= 0.3 is 5.69 Å². The number of hydrogen-bond acceptors (Lipinski definition) is 5. The summed E-state index contributed by atoms with van der Waals surface area (Å²) in [7, 11) is 1.30. The summed E-state index contributed by atoms with van der Waals surface area (Å²) in [4.78, 5) is 21.9. The number of ether oxygens (including phenoxy) is 1. The fourth-order valence-corrected chi connectivity index (χ4v) is 1.69. The lowest BCUT2D eigenvalue weighted by atomic mass is 9.97. The topological polar surface area (TPSA) is 89.7 Å². The Hall–Kier alpha value is -2.21. The van der Waals surface area contributed by atoms with Crippen LogP contribution in [0.2, 0.25) is 0 Å². The second-order valence-electron chi connectivity index (χ2n) is 3.86. The van der Waals surface area contributed by atoms with Crippen LogP contribution in [-0.2, 0) is 4.79 Å². The number of methoxy groups -OCH3 is 1. The Labute approximate surface area is 110 Å². The molecule has 0 spiro atoms. The molecule has 19 heavy (non-hydrogen) atoms. The number of nitro benzene ring substituents is 1. The zero-order chi connectivity index (χ0) is 14.6. The molecule has 0 saturated carbocycles. The molecule has 0 aliphatic carbocycles. The molecule has 0 fully saturated rings. The van der Waals surface area contributed by atoms with Gasteiger partial charge in [0.25, 0.3) is 0 Å². The number of carbonyl (C=O) groups is 1. The number of hydrogen-bond donors (Lipinski definition) is 1. The van der Waals surface area contributed by atoms with Crippen LogP contribution in [0.3, 0.4) is 0 Å². The van der Waals surface area contributed by atoms with E-state index in [0.717, 1.165) is 0 Å². The van der Waals surface area contributed by atoms with Gasteiger partial charge in [-0.05, 0) is 12.1 Å². The standard InChI is InChI=1S/C13H15NO5/c1-4-10(15)8(2)13(16)9-6-5-7-11(19-3)12(9)14(17)18/h5-7,13,16H,2,4H2,1,3H3. The van der Waals surface area contributed by atoms with E-state index >= 15 is 0 Å². The highest BCUT2D eigenvalue weighted by Gasteiger charge is 2.28. The Morgan fingerprint density at radius 3 is 2.68 bits per heavy atom. The Kier molecular flexibility index (Phi) is 4.77. The molecule has 6 nitrogen and oxygen atoms in total. The van der Waals surface area contributed by atoms with Gasteiger partial charge in [0, 0.05) is 12.0 Å². The molecule has 0 aliphatic heterocycles. The van der Waals surface area contributed by atoms with Crippen molar-refractivity contribution in [1.82, 2.24) is 0 Å². The van der Waals surface area contributed by atoms with Crippen molar-refractivity contribution in [2.75, 3.05) is 7.11 Å². The van der Waals surface area contributed by atoms with Crippen molar-refractivity contribution in [3.05, 3.63) is 46.0 Å². The molecule has 1 N–H and O–H groups in total. The van der Waals surface area contributed by atoms with Crippen molar-refractivity contribution in [3.63, 3.8) is 0 Å². The second-order valence-corrected chi connectivity index (χ2v) is 3.86. The molecular formula is C13H15NO5. The molecule has 0 radical (unpaired) electrons. The van der Waals surface area contributed by atoms with E-state index in [4.69, 9.17) is 4.74 Å². The van der Waals surface area contributed by atoms with E-state index in [-0.39, 0.29) is 34.8 Å². The molecule has 1 aromatic carbocycles. The number of nitro groups is 1. The van der Waals surface area contributed by atoms with E-state index in [2.05, 4.69) is 6.58 Å². The average Bonchev–Trinajstić information content (AvgIpc) is 2.43. The molecule has 102 valence electrons. The summed E-state index contributed by atoms with van der Waals surface area (Å²) in [6, 6.07) is 4.30. The van der Waals surface area contributed by atoms with Crippen molar-refractivity contribution in [1.29, 1.82) is 0 Å². The van der Waals surface area contributed by atoms with Crippen LogP contribution in [0.4, 0.5) is 5.69 Å². The fourth-order valence-electron chi connectivity index (χ4n) is 1.69. The van der Waals surface area contributed by atoms with E-state index in [1.807, 2.05) is 0 Å². The number of benzene rings is 1. The van der Waals surface area contributed by atoms with Crippen molar-refractivity contribution in [2.24, 2.45) is 0 Å². The average molecular weight is 265 g/mol. The lowest BCUT2D eigenvalue weighted by molar-refractivity contribution is -0.387. The summed E-state index contributed by atoms with van der Waals surface area (Å²) in [6.07, 6.45) is -1.24. The van der Waals surface area contributed by atoms with Crippen molar-refractivity contribution in [2.45, 2.75) is 19.4 Å². The minimum atomic E-state index is -1.41. The number of aliphatic hydroxyl groups excluding tert-OH is 1. The largest absolute Gasteiger partial charge is 0.490 e. The lowest BCUT2D eigenvalue weighted by Crippen LogP contribution is -2.11. The number of para-hydroxylation sites is 1. The zero-order valence-electron chi connectivity index (χ0n) is 10.8. The highest BCUT2D eigenvalue weighted by Crippen LogP contribution is 2.36. The van der Waals surface area contributed by atoms with Gasteiger partial charge in [0.05, 0.1) is 17.6 Å². The van der Waals surface area contributed by atoms with E-state index in [0.29, 0.717) is 0 Å². The van der Waals surface area contributed by atoms with Gasteiger partial charge in [-0.3, -0.25) is 14.9 Å². The predicted molar refractivity (Wildman–Crippen MR) is 69.0 cm³/mol. The van der Waals surface area contributed by atoms with Crippen LogP contribution < -0.4 is 4.74 Å². The van der Waals surface area contributed by atoms with E-state index in [1.54, 1.807) is 6.92 Å². The van der Waals surface area contributed by atoms with Crippen molar-refractivity contribution < 1.29 is 19.6 Å². The third-order valence-electron chi connectivity index (χ3n) is 2.74.